The number of fused-ring (bicyclic) bond motifs is 2. The summed E-state index contributed by atoms with van der Waals surface area (Å²) in [5, 5.41) is 1.90. The highest BCUT2D eigenvalue weighted by molar-refractivity contribution is 6.30. The van der Waals surface area contributed by atoms with Gasteiger partial charge in [-0.3, -0.25) is 4.79 Å². The first-order valence-electron chi connectivity index (χ1n) is 14.7. The summed E-state index contributed by atoms with van der Waals surface area (Å²) in [5.74, 6) is 2.65. The quantitative estimate of drug-likeness (QED) is 0.188. The van der Waals surface area contributed by atoms with Gasteiger partial charge in [-0.2, -0.15) is 0 Å². The van der Waals surface area contributed by atoms with Crippen molar-refractivity contribution in [1.29, 1.82) is 0 Å². The maximum absolute atomic E-state index is 12.9. The van der Waals surface area contributed by atoms with Crippen LogP contribution in [0.3, 0.4) is 0 Å². The Kier molecular flexibility index (Phi) is 8.28. The Balaban J connectivity index is 1.00. The van der Waals surface area contributed by atoms with Crippen LogP contribution in [0, 0.1) is 12.8 Å². The lowest BCUT2D eigenvalue weighted by Gasteiger charge is -2.32. The number of nitrogens with one attached hydrogen (secondary N) is 1. The second kappa shape index (κ2) is 12.4. The molecule has 0 atom stereocenters. The largest absolute Gasteiger partial charge is 0.486 e. The summed E-state index contributed by atoms with van der Waals surface area (Å²) in [6.07, 6.45) is 5.70. The molecule has 2 aromatic heterocycles. The SMILES string of the molecule is Cc1cccc2c1nc(COc1ccc(Cl)cc1)n2CCCC1CCN(C(=O)CCc2cc3ccccc3[nH]2)CC1. The molecule has 1 saturated heterocycles. The molecule has 1 amide bonds. The lowest BCUT2D eigenvalue weighted by Crippen LogP contribution is -2.38. The van der Waals surface area contributed by atoms with Crippen LogP contribution < -0.4 is 4.74 Å². The Labute approximate surface area is 246 Å². The Morgan fingerprint density at radius 2 is 1.85 bits per heavy atom. The topological polar surface area (TPSA) is 63.1 Å². The number of piperidine rings is 1. The number of aryl methyl sites for hydroxylation is 3. The first-order chi connectivity index (χ1) is 20.0. The predicted molar refractivity (Wildman–Crippen MR) is 165 cm³/mol. The number of halogens is 1. The molecular weight excluding hydrogens is 532 g/mol. The summed E-state index contributed by atoms with van der Waals surface area (Å²) in [5.41, 5.74) is 5.65. The summed E-state index contributed by atoms with van der Waals surface area (Å²) in [6, 6.07) is 24.3. The predicted octanol–water partition coefficient (Wildman–Crippen LogP) is 7.71. The number of ether oxygens (including phenoxy) is 1. The van der Waals surface area contributed by atoms with Gasteiger partial charge in [-0.15, -0.1) is 0 Å². The van der Waals surface area contributed by atoms with Crippen LogP contribution in [0.2, 0.25) is 5.02 Å². The number of carbonyl (C=O) groups is 1. The molecule has 0 spiro atoms. The third-order valence-electron chi connectivity index (χ3n) is 8.40. The Hall–Kier alpha value is -3.77. The molecule has 0 aliphatic carbocycles. The molecule has 1 N–H and O–H groups in total. The molecule has 0 bridgehead atoms. The number of carbonyl (C=O) groups excluding carboxylic acids is 1. The van der Waals surface area contributed by atoms with Gasteiger partial charge >= 0.3 is 0 Å². The number of hydrogen-bond acceptors (Lipinski definition) is 3. The zero-order valence-corrected chi connectivity index (χ0v) is 24.4. The molecule has 7 heteroatoms. The first-order valence-corrected chi connectivity index (χ1v) is 15.1. The van der Waals surface area contributed by atoms with E-state index in [9.17, 15) is 4.79 Å². The van der Waals surface area contributed by atoms with Crippen molar-refractivity contribution in [2.75, 3.05) is 13.1 Å². The van der Waals surface area contributed by atoms with E-state index in [0.717, 1.165) is 85.6 Å². The molecule has 41 heavy (non-hydrogen) atoms. The molecule has 0 radical (unpaired) electrons. The number of H-pyrrole nitrogens is 1. The Morgan fingerprint density at radius 3 is 2.66 bits per heavy atom. The van der Waals surface area contributed by atoms with Gasteiger partial charge in [-0.1, -0.05) is 41.9 Å². The van der Waals surface area contributed by atoms with Crippen molar-refractivity contribution >= 4 is 39.4 Å². The maximum Gasteiger partial charge on any atom is 0.222 e. The summed E-state index contributed by atoms with van der Waals surface area (Å²) < 4.78 is 8.39. The summed E-state index contributed by atoms with van der Waals surface area (Å²) in [6.45, 7) is 5.16. The van der Waals surface area contributed by atoms with Crippen LogP contribution >= 0.6 is 11.6 Å². The zero-order valence-electron chi connectivity index (χ0n) is 23.6. The van der Waals surface area contributed by atoms with Crippen molar-refractivity contribution < 1.29 is 9.53 Å². The lowest BCUT2D eigenvalue weighted by molar-refractivity contribution is -0.132. The van der Waals surface area contributed by atoms with Gasteiger partial charge in [-0.05, 0) is 98.4 Å². The number of aromatic nitrogens is 3. The number of aromatic amines is 1. The highest BCUT2D eigenvalue weighted by Crippen LogP contribution is 2.26. The van der Waals surface area contributed by atoms with Gasteiger partial charge in [0.05, 0.1) is 11.0 Å². The molecule has 6 nitrogen and oxygen atoms in total. The molecular formula is C34H37ClN4O2. The van der Waals surface area contributed by atoms with Gasteiger partial charge in [0.15, 0.2) is 0 Å². The second-order valence-electron chi connectivity index (χ2n) is 11.2. The van der Waals surface area contributed by atoms with E-state index in [1.165, 1.54) is 10.9 Å². The van der Waals surface area contributed by atoms with E-state index in [-0.39, 0.29) is 5.91 Å². The minimum Gasteiger partial charge on any atom is -0.486 e. The van der Waals surface area contributed by atoms with Crippen molar-refractivity contribution in [2.45, 2.75) is 58.6 Å². The van der Waals surface area contributed by atoms with Gasteiger partial charge in [0, 0.05) is 42.3 Å². The summed E-state index contributed by atoms with van der Waals surface area (Å²) in [4.78, 5) is 23.4. The maximum atomic E-state index is 12.9. The highest BCUT2D eigenvalue weighted by atomic mass is 35.5. The molecule has 1 fully saturated rings. The van der Waals surface area contributed by atoms with Crippen molar-refractivity contribution in [3.05, 3.63) is 94.9 Å². The van der Waals surface area contributed by atoms with Gasteiger partial charge in [0.2, 0.25) is 5.91 Å². The number of amides is 1. The van der Waals surface area contributed by atoms with E-state index in [2.05, 4.69) is 57.8 Å². The lowest BCUT2D eigenvalue weighted by atomic mass is 9.92. The van der Waals surface area contributed by atoms with Crippen LogP contribution in [0.5, 0.6) is 5.75 Å². The number of benzene rings is 3. The van der Waals surface area contributed by atoms with E-state index in [4.69, 9.17) is 21.3 Å². The van der Waals surface area contributed by atoms with Crippen LogP contribution in [0.1, 0.15) is 49.2 Å². The zero-order chi connectivity index (χ0) is 28.2. The van der Waals surface area contributed by atoms with Crippen molar-refractivity contribution in [1.82, 2.24) is 19.4 Å². The van der Waals surface area contributed by atoms with Gasteiger partial charge in [0.25, 0.3) is 0 Å². The third-order valence-corrected chi connectivity index (χ3v) is 8.65. The van der Waals surface area contributed by atoms with E-state index in [1.54, 1.807) is 0 Å². The molecule has 3 aromatic carbocycles. The fourth-order valence-electron chi connectivity index (χ4n) is 6.05. The fourth-order valence-corrected chi connectivity index (χ4v) is 6.18. The van der Waals surface area contributed by atoms with Crippen LogP contribution in [-0.2, 0) is 24.4 Å². The Bertz CT molecular complexity index is 1600. The standard InChI is InChI=1S/C34H37ClN4O2/c1-24-6-4-10-31-34(24)37-32(23-41-29-14-11-27(35)12-15-29)39(31)19-5-7-25-17-20-38(21-18-25)33(40)16-13-28-22-26-8-2-3-9-30(26)36-28/h2-4,6,8-12,14-15,22,25,36H,5,7,13,16-21,23H2,1H3. The minimum absolute atomic E-state index is 0.271. The van der Waals surface area contributed by atoms with Gasteiger partial charge in [0.1, 0.15) is 18.2 Å². The second-order valence-corrected chi connectivity index (χ2v) is 11.6. The molecule has 0 saturated carbocycles. The Morgan fingerprint density at radius 1 is 1.05 bits per heavy atom. The van der Waals surface area contributed by atoms with E-state index in [0.29, 0.717) is 24.0 Å². The molecule has 1 aliphatic heterocycles. The summed E-state index contributed by atoms with van der Waals surface area (Å²) in [7, 11) is 0. The highest BCUT2D eigenvalue weighted by Gasteiger charge is 2.23. The van der Waals surface area contributed by atoms with Gasteiger partial charge < -0.3 is 19.2 Å². The number of imidazole rings is 1. The van der Waals surface area contributed by atoms with Crippen LogP contribution in [-0.4, -0.2) is 38.4 Å². The fraction of sp³-hybridized carbons (Fsp3) is 0.353. The molecule has 1 aliphatic rings. The van der Waals surface area contributed by atoms with Crippen molar-refractivity contribution in [3.63, 3.8) is 0 Å². The molecule has 5 aromatic rings. The monoisotopic (exact) mass is 568 g/mol. The minimum atomic E-state index is 0.271. The average Bonchev–Trinajstić information content (AvgIpc) is 3.58. The first kappa shape index (κ1) is 27.4. The summed E-state index contributed by atoms with van der Waals surface area (Å²) >= 11 is 6.03. The number of likely N-dealkylation sites (tertiary alicyclic amines) is 1. The van der Waals surface area contributed by atoms with Crippen LogP contribution in [0.25, 0.3) is 21.9 Å². The van der Waals surface area contributed by atoms with E-state index < -0.39 is 0 Å². The number of rotatable bonds is 10. The number of nitrogens with zero attached hydrogens (tertiary/aromatic N) is 3. The number of hydrogen-bond donors (Lipinski definition) is 1. The van der Waals surface area contributed by atoms with Crippen molar-refractivity contribution in [3.8, 4) is 5.75 Å². The third kappa shape index (κ3) is 6.43. The van der Waals surface area contributed by atoms with Crippen molar-refractivity contribution in [2.24, 2.45) is 5.92 Å². The van der Waals surface area contributed by atoms with Crippen LogP contribution in [0.4, 0.5) is 0 Å². The average molecular weight is 569 g/mol. The normalized spacial score (nSPS) is 14.2. The van der Waals surface area contributed by atoms with E-state index >= 15 is 0 Å². The number of para-hydroxylation sites is 2. The molecule has 212 valence electrons. The molecule has 0 unspecified atom stereocenters. The molecule has 3 heterocycles. The van der Waals surface area contributed by atoms with E-state index in [1.807, 2.05) is 36.4 Å². The van der Waals surface area contributed by atoms with Gasteiger partial charge in [-0.25, -0.2) is 4.98 Å². The molecule has 6 rings (SSSR count). The van der Waals surface area contributed by atoms with Crippen LogP contribution in [0.15, 0.2) is 72.8 Å². The smallest absolute Gasteiger partial charge is 0.222 e.